The number of thiocarbonyl (C=S) groups is 1. The van der Waals surface area contributed by atoms with Crippen LogP contribution >= 0.6 is 24.0 Å². The first kappa shape index (κ1) is 22.0. The van der Waals surface area contributed by atoms with Gasteiger partial charge in [-0.3, -0.25) is 14.5 Å². The monoisotopic (exact) mass is 442 g/mol. The molecule has 2 N–H and O–H groups in total. The lowest BCUT2D eigenvalue weighted by molar-refractivity contribution is -0.124. The quantitative estimate of drug-likeness (QED) is 0.459. The molecule has 8 heteroatoms. The van der Waals surface area contributed by atoms with Crippen molar-refractivity contribution in [2.24, 2.45) is 0 Å². The van der Waals surface area contributed by atoms with Gasteiger partial charge < -0.3 is 14.8 Å². The number of carbonyl (C=O) groups excluding carboxylic acids is 2. The summed E-state index contributed by atoms with van der Waals surface area (Å²) in [6, 6.07) is 12.9. The van der Waals surface area contributed by atoms with Gasteiger partial charge in [0.05, 0.1) is 23.8 Å². The molecule has 1 unspecified atom stereocenters. The second-order valence-corrected chi connectivity index (χ2v) is 8.29. The number of nitrogens with zero attached hydrogens (tertiary/aromatic N) is 1. The molecule has 0 spiro atoms. The third-order valence-electron chi connectivity index (χ3n) is 4.40. The van der Waals surface area contributed by atoms with Gasteiger partial charge in [-0.25, -0.2) is 0 Å². The Balaban J connectivity index is 1.50. The van der Waals surface area contributed by atoms with Crippen LogP contribution in [0.15, 0.2) is 70.2 Å². The number of carbonyl (C=O) groups is 2. The molecule has 1 atom stereocenters. The molecule has 1 aliphatic heterocycles. The molecule has 3 rings (SSSR count). The van der Waals surface area contributed by atoms with Gasteiger partial charge in [0.1, 0.15) is 10.1 Å². The molecule has 1 aliphatic rings. The molecule has 0 bridgehead atoms. The summed E-state index contributed by atoms with van der Waals surface area (Å²) in [5.74, 6) is 0.234. The zero-order valence-electron chi connectivity index (χ0n) is 16.2. The number of furan rings is 1. The Kier molecular flexibility index (Phi) is 8.01. The van der Waals surface area contributed by atoms with Gasteiger partial charge in [-0.15, -0.1) is 0 Å². The van der Waals surface area contributed by atoms with E-state index >= 15 is 0 Å². The minimum Gasteiger partial charge on any atom is -0.465 e. The molecule has 1 fully saturated rings. The van der Waals surface area contributed by atoms with Gasteiger partial charge in [0.15, 0.2) is 0 Å². The molecule has 1 aromatic carbocycles. The van der Waals surface area contributed by atoms with Gasteiger partial charge in [-0.2, -0.15) is 0 Å². The average Bonchev–Trinajstić information content (AvgIpc) is 3.35. The van der Waals surface area contributed by atoms with Crippen molar-refractivity contribution in [3.05, 3.63) is 77.1 Å². The molecular formula is C22H22N2O4S2. The number of nitrogens with one attached hydrogen (secondary N) is 1. The highest BCUT2D eigenvalue weighted by atomic mass is 32.2. The molecule has 30 heavy (non-hydrogen) atoms. The number of thioether (sulfide) groups is 1. The number of hydrogen-bond donors (Lipinski definition) is 2. The lowest BCUT2D eigenvalue weighted by Gasteiger charge is -2.18. The SMILES string of the molecule is O=C(CCN1C(=O)/C(=C/C=C\c2ccco2)SC1=S)NC(CO)Cc1ccccc1. The van der Waals surface area contributed by atoms with E-state index in [1.54, 1.807) is 30.6 Å². The van der Waals surface area contributed by atoms with E-state index in [1.165, 1.54) is 16.7 Å². The van der Waals surface area contributed by atoms with Crippen LogP contribution in [0, 0.1) is 0 Å². The van der Waals surface area contributed by atoms with E-state index in [2.05, 4.69) is 5.32 Å². The number of aliphatic hydroxyl groups is 1. The van der Waals surface area contributed by atoms with E-state index in [9.17, 15) is 14.7 Å². The largest absolute Gasteiger partial charge is 0.465 e. The topological polar surface area (TPSA) is 82.8 Å². The third-order valence-corrected chi connectivity index (χ3v) is 5.79. The van der Waals surface area contributed by atoms with E-state index in [4.69, 9.17) is 16.6 Å². The van der Waals surface area contributed by atoms with Crippen LogP contribution < -0.4 is 5.32 Å². The van der Waals surface area contributed by atoms with Crippen LogP contribution in [0.1, 0.15) is 17.7 Å². The molecule has 0 radical (unpaired) electrons. The van der Waals surface area contributed by atoms with E-state index in [0.717, 1.165) is 5.56 Å². The minimum absolute atomic E-state index is 0.104. The molecule has 156 valence electrons. The maximum absolute atomic E-state index is 12.6. The fraction of sp³-hybridized carbons (Fsp3) is 0.227. The smallest absolute Gasteiger partial charge is 0.266 e. The maximum Gasteiger partial charge on any atom is 0.266 e. The molecular weight excluding hydrogens is 420 g/mol. The van der Waals surface area contributed by atoms with E-state index in [0.29, 0.717) is 21.4 Å². The van der Waals surface area contributed by atoms with Crippen molar-refractivity contribution in [2.75, 3.05) is 13.2 Å². The van der Waals surface area contributed by atoms with Crippen LogP contribution in [0.3, 0.4) is 0 Å². The minimum atomic E-state index is -0.377. The average molecular weight is 443 g/mol. The first-order valence-electron chi connectivity index (χ1n) is 9.46. The van der Waals surface area contributed by atoms with Crippen molar-refractivity contribution in [1.82, 2.24) is 10.2 Å². The van der Waals surface area contributed by atoms with Gasteiger partial charge in [0, 0.05) is 13.0 Å². The molecule has 2 aromatic rings. The summed E-state index contributed by atoms with van der Waals surface area (Å²) in [5.41, 5.74) is 1.03. The van der Waals surface area contributed by atoms with Crippen LogP contribution in [-0.4, -0.2) is 45.3 Å². The fourth-order valence-electron chi connectivity index (χ4n) is 2.90. The summed E-state index contributed by atoms with van der Waals surface area (Å²) in [5, 5.41) is 12.4. The number of amides is 2. The third kappa shape index (κ3) is 6.16. The van der Waals surface area contributed by atoms with Crippen LogP contribution in [0.5, 0.6) is 0 Å². The maximum atomic E-state index is 12.6. The summed E-state index contributed by atoms with van der Waals surface area (Å²) in [6.45, 7) is 0.0334. The molecule has 0 saturated carbocycles. The van der Waals surface area contributed by atoms with Gasteiger partial charge in [-0.05, 0) is 36.3 Å². The van der Waals surface area contributed by atoms with E-state index in [-0.39, 0.29) is 37.4 Å². The highest BCUT2D eigenvalue weighted by Crippen LogP contribution is 2.31. The second kappa shape index (κ2) is 10.9. The highest BCUT2D eigenvalue weighted by Gasteiger charge is 2.31. The number of rotatable bonds is 9. The molecule has 2 heterocycles. The fourth-order valence-corrected chi connectivity index (χ4v) is 4.16. The Morgan fingerprint density at radius 3 is 2.77 bits per heavy atom. The van der Waals surface area contributed by atoms with Crippen LogP contribution in [0.25, 0.3) is 6.08 Å². The summed E-state index contributed by atoms with van der Waals surface area (Å²) in [6.07, 6.45) is 7.38. The first-order valence-corrected chi connectivity index (χ1v) is 10.7. The molecule has 6 nitrogen and oxygen atoms in total. The zero-order valence-corrected chi connectivity index (χ0v) is 17.8. The van der Waals surface area contributed by atoms with Gasteiger partial charge in [0.2, 0.25) is 5.91 Å². The van der Waals surface area contributed by atoms with Gasteiger partial charge in [-0.1, -0.05) is 60.4 Å². The molecule has 1 aromatic heterocycles. The van der Waals surface area contributed by atoms with Crippen molar-refractivity contribution >= 4 is 46.2 Å². The summed E-state index contributed by atoms with van der Waals surface area (Å²) in [7, 11) is 0. The second-order valence-electron chi connectivity index (χ2n) is 6.62. The number of allylic oxidation sites excluding steroid dienone is 2. The summed E-state index contributed by atoms with van der Waals surface area (Å²) in [4.78, 5) is 26.8. The van der Waals surface area contributed by atoms with Crippen LogP contribution in [-0.2, 0) is 16.0 Å². The highest BCUT2D eigenvalue weighted by molar-refractivity contribution is 8.26. The molecule has 2 amide bonds. The zero-order chi connectivity index (χ0) is 21.3. The van der Waals surface area contributed by atoms with Crippen molar-refractivity contribution in [2.45, 2.75) is 18.9 Å². The van der Waals surface area contributed by atoms with Crippen LogP contribution in [0.4, 0.5) is 0 Å². The van der Waals surface area contributed by atoms with Crippen molar-refractivity contribution in [3.8, 4) is 0 Å². The van der Waals surface area contributed by atoms with Gasteiger partial charge in [0.25, 0.3) is 5.91 Å². The Hall–Kier alpha value is -2.68. The summed E-state index contributed by atoms with van der Waals surface area (Å²) >= 11 is 6.49. The Bertz CT molecular complexity index is 939. The standard InChI is InChI=1S/C22H22N2O4S2/c25-15-17(14-16-6-2-1-3-7-16)23-20(26)11-12-24-21(27)19(30-22(24)29)10-4-8-18-9-5-13-28-18/h1-10,13,17,25H,11-12,14-15H2,(H,23,26)/b8-4-,19-10-. The van der Waals surface area contributed by atoms with E-state index < -0.39 is 0 Å². The summed E-state index contributed by atoms with van der Waals surface area (Å²) < 4.78 is 5.63. The normalized spacial score (nSPS) is 16.6. The lowest BCUT2D eigenvalue weighted by Crippen LogP contribution is -2.41. The van der Waals surface area contributed by atoms with Crippen molar-refractivity contribution in [3.63, 3.8) is 0 Å². The Labute approximate surface area is 184 Å². The number of benzene rings is 1. The molecule has 1 saturated heterocycles. The van der Waals surface area contributed by atoms with Crippen LogP contribution in [0.2, 0.25) is 0 Å². The molecule has 0 aliphatic carbocycles. The lowest BCUT2D eigenvalue weighted by atomic mass is 10.1. The Morgan fingerprint density at radius 1 is 1.27 bits per heavy atom. The first-order chi connectivity index (χ1) is 14.6. The predicted octanol–water partition coefficient (Wildman–Crippen LogP) is 3.15. The number of hydrogen-bond acceptors (Lipinski definition) is 6. The van der Waals surface area contributed by atoms with E-state index in [1.807, 2.05) is 36.4 Å². The van der Waals surface area contributed by atoms with Crippen molar-refractivity contribution < 1.29 is 19.1 Å². The number of aliphatic hydroxyl groups excluding tert-OH is 1. The van der Waals surface area contributed by atoms with Crippen molar-refractivity contribution in [1.29, 1.82) is 0 Å². The Morgan fingerprint density at radius 2 is 2.07 bits per heavy atom. The predicted molar refractivity (Wildman–Crippen MR) is 122 cm³/mol. The van der Waals surface area contributed by atoms with Gasteiger partial charge >= 0.3 is 0 Å².